The average molecular weight is 310 g/mol. The third kappa shape index (κ3) is 4.28. The van der Waals surface area contributed by atoms with E-state index in [2.05, 4.69) is 27.4 Å². The van der Waals surface area contributed by atoms with Crippen LogP contribution in [0.2, 0.25) is 0 Å². The molecule has 0 saturated carbocycles. The number of hydrogen-bond donors (Lipinski definition) is 1. The number of benzene rings is 1. The molecule has 23 heavy (non-hydrogen) atoms. The van der Waals surface area contributed by atoms with Crippen LogP contribution in [0.3, 0.4) is 0 Å². The van der Waals surface area contributed by atoms with E-state index in [0.29, 0.717) is 12.4 Å². The highest BCUT2D eigenvalue weighted by Crippen LogP contribution is 2.15. The van der Waals surface area contributed by atoms with Crippen LogP contribution in [0.15, 0.2) is 42.7 Å². The summed E-state index contributed by atoms with van der Waals surface area (Å²) in [6.45, 7) is 3.49. The predicted molar refractivity (Wildman–Crippen MR) is 90.1 cm³/mol. The van der Waals surface area contributed by atoms with Gasteiger partial charge in [-0.2, -0.15) is 0 Å². The molecule has 3 rings (SSSR count). The summed E-state index contributed by atoms with van der Waals surface area (Å²) in [5.41, 5.74) is 2.25. The van der Waals surface area contributed by atoms with Crippen LogP contribution in [-0.2, 0) is 11.2 Å². The van der Waals surface area contributed by atoms with Crippen molar-refractivity contribution in [2.45, 2.75) is 32.2 Å². The SMILES string of the molecule is Cc1cnc(NC2CCN(C(=O)CCc3ccccc3)C2)nc1. The van der Waals surface area contributed by atoms with E-state index in [0.717, 1.165) is 31.5 Å². The standard InChI is InChI=1S/C18H22N4O/c1-14-11-19-18(20-12-14)21-16-9-10-22(13-16)17(23)8-7-15-5-3-2-4-6-15/h2-6,11-12,16H,7-10,13H2,1H3,(H,19,20,21). The van der Waals surface area contributed by atoms with Gasteiger partial charge in [0.1, 0.15) is 0 Å². The molecule has 1 aliphatic heterocycles. The van der Waals surface area contributed by atoms with Crippen molar-refractivity contribution in [1.82, 2.24) is 14.9 Å². The Bertz CT molecular complexity index is 642. The van der Waals surface area contributed by atoms with E-state index in [1.165, 1.54) is 5.56 Å². The molecular formula is C18H22N4O. The number of hydrogen-bond acceptors (Lipinski definition) is 4. The van der Waals surface area contributed by atoms with E-state index >= 15 is 0 Å². The third-order valence-corrected chi connectivity index (χ3v) is 4.13. The third-order valence-electron chi connectivity index (χ3n) is 4.13. The van der Waals surface area contributed by atoms with Crippen molar-refractivity contribution in [2.24, 2.45) is 0 Å². The number of nitrogens with one attached hydrogen (secondary N) is 1. The zero-order valence-corrected chi connectivity index (χ0v) is 13.4. The first-order chi connectivity index (χ1) is 11.2. The number of aromatic nitrogens is 2. The highest BCUT2D eigenvalue weighted by atomic mass is 16.2. The van der Waals surface area contributed by atoms with Gasteiger partial charge in [0, 0.05) is 37.9 Å². The van der Waals surface area contributed by atoms with E-state index in [4.69, 9.17) is 0 Å². The number of likely N-dealkylation sites (tertiary alicyclic amines) is 1. The number of nitrogens with zero attached hydrogens (tertiary/aromatic N) is 3. The summed E-state index contributed by atoms with van der Waals surface area (Å²) in [6, 6.07) is 10.4. The number of carbonyl (C=O) groups excluding carboxylic acids is 1. The van der Waals surface area contributed by atoms with E-state index in [9.17, 15) is 4.79 Å². The highest BCUT2D eigenvalue weighted by molar-refractivity contribution is 5.76. The molecule has 120 valence electrons. The van der Waals surface area contributed by atoms with Gasteiger partial charge in [0.25, 0.3) is 0 Å². The van der Waals surface area contributed by atoms with Crippen LogP contribution >= 0.6 is 0 Å². The van der Waals surface area contributed by atoms with Crippen LogP contribution < -0.4 is 5.32 Å². The molecule has 1 amide bonds. The Labute approximate surface area is 136 Å². The zero-order chi connectivity index (χ0) is 16.1. The molecule has 1 fully saturated rings. The average Bonchev–Trinajstić information content (AvgIpc) is 3.04. The first-order valence-electron chi connectivity index (χ1n) is 8.07. The van der Waals surface area contributed by atoms with Gasteiger partial charge < -0.3 is 10.2 Å². The Morgan fingerprint density at radius 2 is 2.00 bits per heavy atom. The Hall–Kier alpha value is -2.43. The summed E-state index contributed by atoms with van der Waals surface area (Å²) in [7, 11) is 0. The summed E-state index contributed by atoms with van der Waals surface area (Å²) >= 11 is 0. The van der Waals surface area contributed by atoms with Crippen molar-refractivity contribution < 1.29 is 4.79 Å². The molecule has 2 heterocycles. The first-order valence-corrected chi connectivity index (χ1v) is 8.07. The van der Waals surface area contributed by atoms with E-state index in [1.807, 2.05) is 30.0 Å². The normalized spacial score (nSPS) is 17.3. The lowest BCUT2D eigenvalue weighted by atomic mass is 10.1. The van der Waals surface area contributed by atoms with E-state index in [1.54, 1.807) is 12.4 Å². The molecule has 1 aromatic heterocycles. The van der Waals surface area contributed by atoms with Crippen molar-refractivity contribution in [1.29, 1.82) is 0 Å². The maximum absolute atomic E-state index is 12.3. The zero-order valence-electron chi connectivity index (χ0n) is 13.4. The fraction of sp³-hybridized carbons (Fsp3) is 0.389. The molecule has 1 N–H and O–H groups in total. The molecule has 1 aromatic carbocycles. The highest BCUT2D eigenvalue weighted by Gasteiger charge is 2.26. The maximum Gasteiger partial charge on any atom is 0.222 e. The molecule has 5 nitrogen and oxygen atoms in total. The van der Waals surface area contributed by atoms with Gasteiger partial charge in [0.05, 0.1) is 0 Å². The Kier molecular flexibility index (Phi) is 4.86. The smallest absolute Gasteiger partial charge is 0.222 e. The van der Waals surface area contributed by atoms with Crippen LogP contribution in [0.4, 0.5) is 5.95 Å². The van der Waals surface area contributed by atoms with Crippen molar-refractivity contribution in [2.75, 3.05) is 18.4 Å². The lowest BCUT2D eigenvalue weighted by Gasteiger charge is -2.17. The number of carbonyl (C=O) groups is 1. The number of aryl methyl sites for hydroxylation is 2. The Morgan fingerprint density at radius 3 is 2.74 bits per heavy atom. The molecule has 0 spiro atoms. The van der Waals surface area contributed by atoms with E-state index < -0.39 is 0 Å². The molecular weight excluding hydrogens is 288 g/mol. The van der Waals surface area contributed by atoms with Crippen molar-refractivity contribution in [3.05, 3.63) is 53.9 Å². The molecule has 1 unspecified atom stereocenters. The van der Waals surface area contributed by atoms with Gasteiger partial charge >= 0.3 is 0 Å². The summed E-state index contributed by atoms with van der Waals surface area (Å²) in [5.74, 6) is 0.863. The van der Waals surface area contributed by atoms with Crippen molar-refractivity contribution in [3.8, 4) is 0 Å². The summed E-state index contributed by atoms with van der Waals surface area (Å²) in [4.78, 5) is 22.8. The Balaban J connectivity index is 1.47. The van der Waals surface area contributed by atoms with Crippen LogP contribution in [-0.4, -0.2) is 39.9 Å². The maximum atomic E-state index is 12.3. The monoisotopic (exact) mass is 310 g/mol. The van der Waals surface area contributed by atoms with Crippen LogP contribution in [0, 0.1) is 6.92 Å². The summed E-state index contributed by atoms with van der Waals surface area (Å²) in [6.07, 6.45) is 5.90. The van der Waals surface area contributed by atoms with Crippen LogP contribution in [0.1, 0.15) is 24.0 Å². The lowest BCUT2D eigenvalue weighted by Crippen LogP contribution is -2.32. The van der Waals surface area contributed by atoms with Gasteiger partial charge in [0.2, 0.25) is 11.9 Å². The molecule has 1 saturated heterocycles. The van der Waals surface area contributed by atoms with Crippen molar-refractivity contribution in [3.63, 3.8) is 0 Å². The quantitative estimate of drug-likeness (QED) is 0.921. The minimum absolute atomic E-state index is 0.225. The molecule has 5 heteroatoms. The lowest BCUT2D eigenvalue weighted by molar-refractivity contribution is -0.130. The number of anilines is 1. The van der Waals surface area contributed by atoms with Crippen LogP contribution in [0.25, 0.3) is 0 Å². The largest absolute Gasteiger partial charge is 0.350 e. The number of amides is 1. The second-order valence-electron chi connectivity index (χ2n) is 6.04. The summed E-state index contributed by atoms with van der Waals surface area (Å²) < 4.78 is 0. The predicted octanol–water partition coefficient (Wildman–Crippen LogP) is 2.43. The van der Waals surface area contributed by atoms with Gasteiger partial charge in [-0.3, -0.25) is 4.79 Å². The van der Waals surface area contributed by atoms with Crippen LogP contribution in [0.5, 0.6) is 0 Å². The topological polar surface area (TPSA) is 58.1 Å². The second-order valence-corrected chi connectivity index (χ2v) is 6.04. The van der Waals surface area contributed by atoms with Gasteiger partial charge in [-0.15, -0.1) is 0 Å². The molecule has 0 aliphatic carbocycles. The van der Waals surface area contributed by atoms with Gasteiger partial charge in [-0.05, 0) is 30.9 Å². The first kappa shape index (κ1) is 15.5. The van der Waals surface area contributed by atoms with Gasteiger partial charge in [0.15, 0.2) is 0 Å². The Morgan fingerprint density at radius 1 is 1.26 bits per heavy atom. The molecule has 1 aliphatic rings. The van der Waals surface area contributed by atoms with Gasteiger partial charge in [-0.1, -0.05) is 30.3 Å². The molecule has 0 radical (unpaired) electrons. The number of rotatable bonds is 5. The molecule has 2 aromatic rings. The fourth-order valence-corrected chi connectivity index (χ4v) is 2.81. The minimum atomic E-state index is 0.225. The van der Waals surface area contributed by atoms with Crippen molar-refractivity contribution >= 4 is 11.9 Å². The molecule has 1 atom stereocenters. The fourth-order valence-electron chi connectivity index (χ4n) is 2.81. The van der Waals surface area contributed by atoms with Gasteiger partial charge in [-0.25, -0.2) is 9.97 Å². The summed E-state index contributed by atoms with van der Waals surface area (Å²) in [5, 5.41) is 3.31. The second kappa shape index (κ2) is 7.22. The molecule has 0 bridgehead atoms. The van der Waals surface area contributed by atoms with E-state index in [-0.39, 0.29) is 11.9 Å². The minimum Gasteiger partial charge on any atom is -0.350 e.